The summed E-state index contributed by atoms with van der Waals surface area (Å²) in [6.45, 7) is 3.72. The lowest BCUT2D eigenvalue weighted by molar-refractivity contribution is 0.0919. The molecule has 2 aromatic rings. The summed E-state index contributed by atoms with van der Waals surface area (Å²) in [5, 5.41) is 0.896. The van der Waals surface area contributed by atoms with Crippen LogP contribution in [-0.4, -0.2) is 16.8 Å². The maximum atomic E-state index is 12.3. The Kier molecular flexibility index (Phi) is 3.20. The molecule has 0 saturated heterocycles. The molecular formula is C14H16N2O. The molecule has 0 aliphatic carbocycles. The monoisotopic (exact) mass is 228 g/mol. The molecule has 0 aliphatic rings. The fourth-order valence-electron chi connectivity index (χ4n) is 1.80. The zero-order valence-electron chi connectivity index (χ0n) is 10.1. The van der Waals surface area contributed by atoms with Gasteiger partial charge in [0.05, 0.1) is 5.52 Å². The van der Waals surface area contributed by atoms with Gasteiger partial charge in [-0.3, -0.25) is 9.78 Å². The number of Topliss-reactive ketones (excluding diaryl/α,β-unsaturated/α-hetero) is 1. The Bertz CT molecular complexity index is 543. The zero-order chi connectivity index (χ0) is 12.4. The summed E-state index contributed by atoms with van der Waals surface area (Å²) in [6.07, 6.45) is 1.73. The van der Waals surface area contributed by atoms with E-state index >= 15 is 0 Å². The van der Waals surface area contributed by atoms with Crippen LogP contribution in [0, 0.1) is 5.92 Å². The summed E-state index contributed by atoms with van der Waals surface area (Å²) < 4.78 is 0. The van der Waals surface area contributed by atoms with Gasteiger partial charge in [0.1, 0.15) is 0 Å². The topological polar surface area (TPSA) is 56.0 Å². The third-order valence-electron chi connectivity index (χ3n) is 3.11. The second-order valence-corrected chi connectivity index (χ2v) is 4.39. The third kappa shape index (κ3) is 2.19. The SMILES string of the molecule is CC(N)C(C)C(=O)c1cccc2ncccc12. The number of ketones is 1. The van der Waals surface area contributed by atoms with Crippen LogP contribution in [0.5, 0.6) is 0 Å². The standard InChI is InChI=1S/C14H16N2O/c1-9(10(2)15)14(17)12-5-3-7-13-11(12)6-4-8-16-13/h3-10H,15H2,1-2H3. The second kappa shape index (κ2) is 4.63. The van der Waals surface area contributed by atoms with E-state index in [9.17, 15) is 4.79 Å². The molecular weight excluding hydrogens is 212 g/mol. The van der Waals surface area contributed by atoms with Gasteiger partial charge >= 0.3 is 0 Å². The average molecular weight is 228 g/mol. The van der Waals surface area contributed by atoms with Gasteiger partial charge in [0.2, 0.25) is 0 Å². The summed E-state index contributed by atoms with van der Waals surface area (Å²) >= 11 is 0. The van der Waals surface area contributed by atoms with Crippen LogP contribution >= 0.6 is 0 Å². The van der Waals surface area contributed by atoms with Crippen molar-refractivity contribution in [2.75, 3.05) is 0 Å². The minimum Gasteiger partial charge on any atom is -0.327 e. The molecule has 0 aliphatic heterocycles. The van der Waals surface area contributed by atoms with Crippen LogP contribution in [0.25, 0.3) is 10.9 Å². The normalized spacial score (nSPS) is 14.5. The predicted molar refractivity (Wildman–Crippen MR) is 68.9 cm³/mol. The van der Waals surface area contributed by atoms with Crippen molar-refractivity contribution in [2.45, 2.75) is 19.9 Å². The molecule has 2 atom stereocenters. The number of benzene rings is 1. The quantitative estimate of drug-likeness (QED) is 0.821. The number of carbonyl (C=O) groups excluding carboxylic acids is 1. The Balaban J connectivity index is 2.52. The summed E-state index contributed by atoms with van der Waals surface area (Å²) in [5.74, 6) is -0.0978. The van der Waals surface area contributed by atoms with Crippen molar-refractivity contribution in [1.82, 2.24) is 4.98 Å². The molecule has 0 amide bonds. The predicted octanol–water partition coefficient (Wildman–Crippen LogP) is 2.40. The Hall–Kier alpha value is -1.74. The number of aromatic nitrogens is 1. The van der Waals surface area contributed by atoms with Gasteiger partial charge in [-0.05, 0) is 19.1 Å². The Labute approximate surface area is 101 Å². The van der Waals surface area contributed by atoms with E-state index in [1.165, 1.54) is 0 Å². The summed E-state index contributed by atoms with van der Waals surface area (Å²) in [7, 11) is 0. The van der Waals surface area contributed by atoms with Crippen LogP contribution in [0.4, 0.5) is 0 Å². The van der Waals surface area contributed by atoms with Gasteiger partial charge in [-0.25, -0.2) is 0 Å². The van der Waals surface area contributed by atoms with Crippen molar-refractivity contribution < 1.29 is 4.79 Å². The molecule has 2 unspecified atom stereocenters. The van der Waals surface area contributed by atoms with Crippen molar-refractivity contribution in [3.63, 3.8) is 0 Å². The van der Waals surface area contributed by atoms with Gasteiger partial charge in [-0.15, -0.1) is 0 Å². The smallest absolute Gasteiger partial charge is 0.167 e. The molecule has 17 heavy (non-hydrogen) atoms. The van der Waals surface area contributed by atoms with Crippen molar-refractivity contribution >= 4 is 16.7 Å². The van der Waals surface area contributed by atoms with E-state index in [2.05, 4.69) is 4.98 Å². The maximum absolute atomic E-state index is 12.3. The summed E-state index contributed by atoms with van der Waals surface area (Å²) in [4.78, 5) is 16.5. The van der Waals surface area contributed by atoms with Crippen molar-refractivity contribution in [3.8, 4) is 0 Å². The van der Waals surface area contributed by atoms with E-state index < -0.39 is 0 Å². The highest BCUT2D eigenvalue weighted by molar-refractivity contribution is 6.08. The minimum atomic E-state index is -0.180. The lowest BCUT2D eigenvalue weighted by Gasteiger charge is -2.15. The highest BCUT2D eigenvalue weighted by Crippen LogP contribution is 2.20. The largest absolute Gasteiger partial charge is 0.327 e. The van der Waals surface area contributed by atoms with E-state index in [4.69, 9.17) is 5.73 Å². The number of rotatable bonds is 3. The molecule has 88 valence electrons. The first-order chi connectivity index (χ1) is 8.11. The number of nitrogens with zero attached hydrogens (tertiary/aromatic N) is 1. The van der Waals surface area contributed by atoms with Gasteiger partial charge in [0.25, 0.3) is 0 Å². The first-order valence-corrected chi connectivity index (χ1v) is 5.75. The Morgan fingerprint density at radius 2 is 2.00 bits per heavy atom. The molecule has 0 radical (unpaired) electrons. The number of hydrogen-bond donors (Lipinski definition) is 1. The first-order valence-electron chi connectivity index (χ1n) is 5.75. The van der Waals surface area contributed by atoms with Crippen LogP contribution < -0.4 is 5.73 Å². The molecule has 1 heterocycles. The Morgan fingerprint density at radius 1 is 1.24 bits per heavy atom. The van der Waals surface area contributed by atoms with Crippen LogP contribution in [0.2, 0.25) is 0 Å². The van der Waals surface area contributed by atoms with Crippen LogP contribution in [0.15, 0.2) is 36.5 Å². The number of fused-ring (bicyclic) bond motifs is 1. The van der Waals surface area contributed by atoms with E-state index in [0.29, 0.717) is 5.56 Å². The average Bonchev–Trinajstić information content (AvgIpc) is 2.36. The number of carbonyl (C=O) groups is 1. The molecule has 0 fully saturated rings. The lowest BCUT2D eigenvalue weighted by Crippen LogP contribution is -2.30. The summed E-state index contributed by atoms with van der Waals surface area (Å²) in [5.41, 5.74) is 7.33. The molecule has 2 N–H and O–H groups in total. The number of pyridine rings is 1. The molecule has 0 spiro atoms. The fraction of sp³-hybridized carbons (Fsp3) is 0.286. The minimum absolute atomic E-state index is 0.0820. The van der Waals surface area contributed by atoms with E-state index in [1.54, 1.807) is 6.20 Å². The van der Waals surface area contributed by atoms with Gasteiger partial charge in [0, 0.05) is 29.1 Å². The molecule has 0 saturated carbocycles. The van der Waals surface area contributed by atoms with E-state index in [1.807, 2.05) is 44.2 Å². The fourth-order valence-corrected chi connectivity index (χ4v) is 1.80. The molecule has 0 bridgehead atoms. The molecule has 3 heteroatoms. The first kappa shape index (κ1) is 11.7. The zero-order valence-corrected chi connectivity index (χ0v) is 10.1. The highest BCUT2D eigenvalue weighted by atomic mass is 16.1. The van der Waals surface area contributed by atoms with E-state index in [0.717, 1.165) is 10.9 Å². The third-order valence-corrected chi connectivity index (χ3v) is 3.11. The van der Waals surface area contributed by atoms with Gasteiger partial charge in [-0.1, -0.05) is 25.1 Å². The number of hydrogen-bond acceptors (Lipinski definition) is 3. The van der Waals surface area contributed by atoms with Crippen molar-refractivity contribution in [3.05, 3.63) is 42.1 Å². The van der Waals surface area contributed by atoms with Crippen LogP contribution in [0.3, 0.4) is 0 Å². The van der Waals surface area contributed by atoms with Crippen molar-refractivity contribution in [1.29, 1.82) is 0 Å². The molecule has 3 nitrogen and oxygen atoms in total. The molecule has 1 aromatic heterocycles. The van der Waals surface area contributed by atoms with Gasteiger partial charge in [0.15, 0.2) is 5.78 Å². The van der Waals surface area contributed by atoms with Crippen molar-refractivity contribution in [2.24, 2.45) is 11.7 Å². The maximum Gasteiger partial charge on any atom is 0.167 e. The molecule has 2 rings (SSSR count). The van der Waals surface area contributed by atoms with Crippen LogP contribution in [0.1, 0.15) is 24.2 Å². The van der Waals surface area contributed by atoms with Gasteiger partial charge < -0.3 is 5.73 Å². The number of nitrogens with two attached hydrogens (primary N) is 1. The Morgan fingerprint density at radius 3 is 2.71 bits per heavy atom. The van der Waals surface area contributed by atoms with Crippen LogP contribution in [-0.2, 0) is 0 Å². The lowest BCUT2D eigenvalue weighted by atomic mass is 9.92. The van der Waals surface area contributed by atoms with Gasteiger partial charge in [-0.2, -0.15) is 0 Å². The summed E-state index contributed by atoms with van der Waals surface area (Å²) in [6, 6.07) is 9.22. The second-order valence-electron chi connectivity index (χ2n) is 4.39. The van der Waals surface area contributed by atoms with E-state index in [-0.39, 0.29) is 17.7 Å². The molecule has 1 aromatic carbocycles. The highest BCUT2D eigenvalue weighted by Gasteiger charge is 2.20.